The van der Waals surface area contributed by atoms with Gasteiger partial charge in [0.25, 0.3) is 0 Å². The molecule has 0 spiro atoms. The quantitative estimate of drug-likeness (QED) is 0.725. The van der Waals surface area contributed by atoms with Crippen molar-refractivity contribution in [3.05, 3.63) is 36.3 Å². The first-order valence-corrected chi connectivity index (χ1v) is 6.65. The molecule has 0 amide bonds. The number of aryl methyl sites for hydroxylation is 2. The van der Waals surface area contributed by atoms with E-state index in [4.69, 9.17) is 5.73 Å². The molecule has 0 aliphatic carbocycles. The first kappa shape index (κ1) is 12.0. The number of nitrogen functional groups attached to an aromatic ring is 1. The average molecular weight is 271 g/mol. The van der Waals surface area contributed by atoms with Crippen LogP contribution in [0.25, 0.3) is 10.9 Å². The number of hydrogen-bond acceptors (Lipinski definition) is 5. The summed E-state index contributed by atoms with van der Waals surface area (Å²) >= 11 is 1.52. The van der Waals surface area contributed by atoms with Crippen LogP contribution in [0, 0.1) is 6.92 Å². The Morgan fingerprint density at radius 3 is 2.74 bits per heavy atom. The highest BCUT2D eigenvalue weighted by Gasteiger charge is 2.14. The second-order valence-corrected chi connectivity index (χ2v) is 5.20. The van der Waals surface area contributed by atoms with E-state index in [1.165, 1.54) is 11.8 Å². The highest BCUT2D eigenvalue weighted by Crippen LogP contribution is 2.35. The number of benzene rings is 1. The molecule has 2 heterocycles. The number of aromatic nitrogens is 4. The molecule has 3 aromatic rings. The summed E-state index contributed by atoms with van der Waals surface area (Å²) in [7, 11) is 1.88. The molecule has 0 unspecified atom stereocenters. The van der Waals surface area contributed by atoms with Gasteiger partial charge in [0.05, 0.1) is 16.9 Å². The van der Waals surface area contributed by atoms with Gasteiger partial charge in [-0.3, -0.25) is 4.68 Å². The average Bonchev–Trinajstić information content (AvgIpc) is 2.66. The summed E-state index contributed by atoms with van der Waals surface area (Å²) in [6, 6.07) is 7.93. The summed E-state index contributed by atoms with van der Waals surface area (Å²) in [4.78, 5) is 8.60. The molecule has 0 fully saturated rings. The molecule has 5 nitrogen and oxygen atoms in total. The van der Waals surface area contributed by atoms with E-state index in [0.717, 1.165) is 26.6 Å². The van der Waals surface area contributed by atoms with E-state index in [9.17, 15) is 0 Å². The SMILES string of the molecule is Cc1nn(C)c(Sc2ncnc3ccccc23)c1N. The molecule has 0 bridgehead atoms. The highest BCUT2D eigenvalue weighted by atomic mass is 32.2. The van der Waals surface area contributed by atoms with Crippen molar-refractivity contribution in [3.8, 4) is 0 Å². The molecule has 6 heteroatoms. The maximum absolute atomic E-state index is 6.05. The van der Waals surface area contributed by atoms with E-state index in [-0.39, 0.29) is 0 Å². The summed E-state index contributed by atoms with van der Waals surface area (Å²) < 4.78 is 1.78. The van der Waals surface area contributed by atoms with Crippen LogP contribution in [0.1, 0.15) is 5.69 Å². The third kappa shape index (κ3) is 2.04. The summed E-state index contributed by atoms with van der Waals surface area (Å²) in [6.07, 6.45) is 1.57. The number of hydrogen-bond donors (Lipinski definition) is 1. The third-order valence-corrected chi connectivity index (χ3v) is 4.11. The number of fused-ring (bicyclic) bond motifs is 1. The van der Waals surface area contributed by atoms with Crippen LogP contribution in [-0.2, 0) is 7.05 Å². The Balaban J connectivity index is 2.11. The van der Waals surface area contributed by atoms with Crippen molar-refractivity contribution < 1.29 is 0 Å². The lowest BCUT2D eigenvalue weighted by atomic mass is 10.2. The van der Waals surface area contributed by atoms with E-state index in [0.29, 0.717) is 5.69 Å². The molecule has 1 aromatic carbocycles. The van der Waals surface area contributed by atoms with Gasteiger partial charge in [-0.2, -0.15) is 5.10 Å². The van der Waals surface area contributed by atoms with E-state index in [2.05, 4.69) is 15.1 Å². The third-order valence-electron chi connectivity index (χ3n) is 2.91. The predicted octanol–water partition coefficient (Wildman–Crippen LogP) is 2.41. The molecule has 0 saturated heterocycles. The Morgan fingerprint density at radius 2 is 2.00 bits per heavy atom. The van der Waals surface area contributed by atoms with Gasteiger partial charge < -0.3 is 5.73 Å². The lowest BCUT2D eigenvalue weighted by Gasteiger charge is -2.05. The summed E-state index contributed by atoms with van der Waals surface area (Å²) in [6.45, 7) is 1.90. The summed E-state index contributed by atoms with van der Waals surface area (Å²) in [5, 5.41) is 7.13. The molecular formula is C13H13N5S. The molecule has 0 atom stereocenters. The number of rotatable bonds is 2. The lowest BCUT2D eigenvalue weighted by molar-refractivity contribution is 0.693. The molecule has 0 radical (unpaired) electrons. The van der Waals surface area contributed by atoms with Crippen LogP contribution >= 0.6 is 11.8 Å². The van der Waals surface area contributed by atoms with Crippen molar-refractivity contribution in [2.75, 3.05) is 5.73 Å². The summed E-state index contributed by atoms with van der Waals surface area (Å²) in [5.41, 5.74) is 8.52. The molecule has 0 aliphatic heterocycles. The second-order valence-electron chi connectivity index (χ2n) is 4.23. The fourth-order valence-corrected chi connectivity index (χ4v) is 2.92. The van der Waals surface area contributed by atoms with Crippen molar-refractivity contribution in [1.29, 1.82) is 0 Å². The van der Waals surface area contributed by atoms with Gasteiger partial charge in [-0.25, -0.2) is 9.97 Å². The molecule has 2 aromatic heterocycles. The zero-order valence-corrected chi connectivity index (χ0v) is 11.5. The van der Waals surface area contributed by atoms with E-state index in [1.807, 2.05) is 38.2 Å². The fraction of sp³-hybridized carbons (Fsp3) is 0.154. The van der Waals surface area contributed by atoms with Crippen LogP contribution in [0.2, 0.25) is 0 Å². The van der Waals surface area contributed by atoms with Crippen LogP contribution in [0.3, 0.4) is 0 Å². The first-order chi connectivity index (χ1) is 9.16. The Morgan fingerprint density at radius 1 is 1.21 bits per heavy atom. The Hall–Kier alpha value is -2.08. The zero-order valence-electron chi connectivity index (χ0n) is 10.7. The van der Waals surface area contributed by atoms with Crippen molar-refractivity contribution in [1.82, 2.24) is 19.7 Å². The van der Waals surface area contributed by atoms with Gasteiger partial charge in [-0.05, 0) is 24.8 Å². The van der Waals surface area contributed by atoms with Crippen molar-refractivity contribution in [2.24, 2.45) is 7.05 Å². The van der Waals surface area contributed by atoms with Crippen molar-refractivity contribution in [2.45, 2.75) is 17.0 Å². The first-order valence-electron chi connectivity index (χ1n) is 5.83. The molecule has 0 saturated carbocycles. The Labute approximate surface area is 114 Å². The van der Waals surface area contributed by atoms with E-state index in [1.54, 1.807) is 11.0 Å². The van der Waals surface area contributed by atoms with Gasteiger partial charge in [0, 0.05) is 12.4 Å². The molecule has 19 heavy (non-hydrogen) atoms. The van der Waals surface area contributed by atoms with E-state index >= 15 is 0 Å². The minimum Gasteiger partial charge on any atom is -0.395 e. The maximum Gasteiger partial charge on any atom is 0.123 e. The molecule has 96 valence electrons. The van der Waals surface area contributed by atoms with Crippen LogP contribution in [0.4, 0.5) is 5.69 Å². The second kappa shape index (κ2) is 4.55. The van der Waals surface area contributed by atoms with Gasteiger partial charge >= 0.3 is 0 Å². The number of nitrogens with zero attached hydrogens (tertiary/aromatic N) is 4. The normalized spacial score (nSPS) is 11.1. The number of para-hydroxylation sites is 1. The standard InChI is InChI=1S/C13H13N5S/c1-8-11(14)13(18(2)17-8)19-12-9-5-3-4-6-10(9)15-7-16-12/h3-7H,14H2,1-2H3. The van der Waals surface area contributed by atoms with Crippen molar-refractivity contribution >= 4 is 28.4 Å². The Kier molecular flexibility index (Phi) is 2.87. The smallest absolute Gasteiger partial charge is 0.123 e. The monoisotopic (exact) mass is 271 g/mol. The van der Waals surface area contributed by atoms with Gasteiger partial charge in [-0.1, -0.05) is 18.2 Å². The van der Waals surface area contributed by atoms with Crippen molar-refractivity contribution in [3.63, 3.8) is 0 Å². The Bertz CT molecular complexity index is 745. The van der Waals surface area contributed by atoms with Gasteiger partial charge in [-0.15, -0.1) is 0 Å². The number of nitrogens with two attached hydrogens (primary N) is 1. The molecule has 2 N–H and O–H groups in total. The van der Waals surface area contributed by atoms with E-state index < -0.39 is 0 Å². The summed E-state index contributed by atoms with van der Waals surface area (Å²) in [5.74, 6) is 0. The van der Waals surface area contributed by atoms with Crippen LogP contribution in [0.5, 0.6) is 0 Å². The van der Waals surface area contributed by atoms with Gasteiger partial charge in [0.2, 0.25) is 0 Å². The molecular weight excluding hydrogens is 258 g/mol. The van der Waals surface area contributed by atoms with Crippen LogP contribution in [-0.4, -0.2) is 19.7 Å². The van der Waals surface area contributed by atoms with Crippen LogP contribution in [0.15, 0.2) is 40.6 Å². The zero-order chi connectivity index (χ0) is 13.4. The highest BCUT2D eigenvalue weighted by molar-refractivity contribution is 7.99. The minimum atomic E-state index is 0.704. The predicted molar refractivity (Wildman–Crippen MR) is 76.0 cm³/mol. The maximum atomic E-state index is 6.05. The fourth-order valence-electron chi connectivity index (χ4n) is 1.93. The van der Waals surface area contributed by atoms with Gasteiger partial charge in [0.1, 0.15) is 16.4 Å². The van der Waals surface area contributed by atoms with Crippen LogP contribution < -0.4 is 5.73 Å². The lowest BCUT2D eigenvalue weighted by Crippen LogP contribution is -1.95. The largest absolute Gasteiger partial charge is 0.395 e. The van der Waals surface area contributed by atoms with Gasteiger partial charge in [0.15, 0.2) is 0 Å². The molecule has 3 rings (SSSR count). The topological polar surface area (TPSA) is 69.6 Å². The molecule has 0 aliphatic rings. The number of anilines is 1. The minimum absolute atomic E-state index is 0.704.